The summed E-state index contributed by atoms with van der Waals surface area (Å²) in [5.74, 6) is 0.383. The molecule has 0 aromatic carbocycles. The van der Waals surface area contributed by atoms with Crippen molar-refractivity contribution in [3.05, 3.63) is 66.8 Å². The van der Waals surface area contributed by atoms with Gasteiger partial charge < -0.3 is 5.11 Å². The highest BCUT2D eigenvalue weighted by Gasteiger charge is 2.20. The van der Waals surface area contributed by atoms with Crippen LogP contribution in [0.1, 0.15) is 31.0 Å². The van der Waals surface area contributed by atoms with Gasteiger partial charge in [-0.3, -0.25) is 14.2 Å². The molecule has 136 valence electrons. The van der Waals surface area contributed by atoms with Gasteiger partial charge in [0.1, 0.15) is 6.33 Å². The number of hydrogen-bond donors (Lipinski definition) is 1. The molecular formula is C19H19N7O. The van der Waals surface area contributed by atoms with E-state index in [1.165, 1.54) is 0 Å². The van der Waals surface area contributed by atoms with Gasteiger partial charge in [0.05, 0.1) is 24.1 Å². The lowest BCUT2D eigenvalue weighted by Gasteiger charge is -2.14. The van der Waals surface area contributed by atoms with E-state index < -0.39 is 0 Å². The van der Waals surface area contributed by atoms with Crippen molar-refractivity contribution in [2.24, 2.45) is 0 Å². The highest BCUT2D eigenvalue weighted by Crippen LogP contribution is 2.33. The molecule has 4 aromatic rings. The SMILES string of the molecule is CC(C)c1c(O)nc(-n2ccnc2)nc1-c1cnn(Cc2ccccn2)c1. The Hall–Kier alpha value is -3.55. The third kappa shape index (κ3) is 3.41. The second kappa shape index (κ2) is 6.99. The summed E-state index contributed by atoms with van der Waals surface area (Å²) in [6.45, 7) is 4.55. The number of imidazole rings is 1. The van der Waals surface area contributed by atoms with E-state index in [1.807, 2.05) is 38.2 Å². The van der Waals surface area contributed by atoms with E-state index >= 15 is 0 Å². The van der Waals surface area contributed by atoms with Gasteiger partial charge in [0.2, 0.25) is 11.8 Å². The van der Waals surface area contributed by atoms with Crippen molar-refractivity contribution >= 4 is 0 Å². The lowest BCUT2D eigenvalue weighted by atomic mass is 9.99. The Bertz CT molecular complexity index is 1040. The van der Waals surface area contributed by atoms with Crippen molar-refractivity contribution < 1.29 is 5.11 Å². The van der Waals surface area contributed by atoms with Crippen LogP contribution in [0.15, 0.2) is 55.5 Å². The van der Waals surface area contributed by atoms with Crippen LogP contribution in [0, 0.1) is 0 Å². The van der Waals surface area contributed by atoms with E-state index in [-0.39, 0.29) is 11.8 Å². The molecule has 0 bridgehead atoms. The first-order valence-corrected chi connectivity index (χ1v) is 8.64. The van der Waals surface area contributed by atoms with Gasteiger partial charge in [-0.25, -0.2) is 9.97 Å². The minimum Gasteiger partial charge on any atom is -0.493 e. The van der Waals surface area contributed by atoms with Gasteiger partial charge in [-0.05, 0) is 18.1 Å². The summed E-state index contributed by atoms with van der Waals surface area (Å²) >= 11 is 0. The highest BCUT2D eigenvalue weighted by molar-refractivity contribution is 5.65. The standard InChI is InChI=1S/C19H19N7O/c1-13(2)16-17(23-19(24-18(16)27)25-8-7-20-12-25)14-9-22-26(10-14)11-15-5-3-4-6-21-15/h3-10,12-13H,11H2,1-2H3,(H,23,24,27). The van der Waals surface area contributed by atoms with Crippen LogP contribution in [0.5, 0.6) is 5.88 Å². The van der Waals surface area contributed by atoms with Crippen molar-refractivity contribution in [1.29, 1.82) is 0 Å². The molecule has 1 N–H and O–H groups in total. The average Bonchev–Trinajstić information content (AvgIpc) is 3.33. The topological polar surface area (TPSA) is 94.5 Å². The van der Waals surface area contributed by atoms with Crippen LogP contribution < -0.4 is 0 Å². The van der Waals surface area contributed by atoms with Gasteiger partial charge in [0, 0.05) is 35.9 Å². The number of rotatable bonds is 5. The van der Waals surface area contributed by atoms with E-state index in [2.05, 4.69) is 25.0 Å². The molecule has 0 unspecified atom stereocenters. The maximum atomic E-state index is 10.5. The first-order valence-electron chi connectivity index (χ1n) is 8.64. The minimum absolute atomic E-state index is 0.0313. The largest absolute Gasteiger partial charge is 0.493 e. The molecule has 0 aliphatic carbocycles. The van der Waals surface area contributed by atoms with Crippen LogP contribution >= 0.6 is 0 Å². The third-order valence-corrected chi connectivity index (χ3v) is 4.18. The zero-order valence-electron chi connectivity index (χ0n) is 15.1. The predicted molar refractivity (Wildman–Crippen MR) is 99.5 cm³/mol. The van der Waals surface area contributed by atoms with Crippen molar-refractivity contribution in [1.82, 2.24) is 34.3 Å². The Morgan fingerprint density at radius 1 is 1.15 bits per heavy atom. The first-order chi connectivity index (χ1) is 13.1. The molecule has 0 saturated carbocycles. The lowest BCUT2D eigenvalue weighted by Crippen LogP contribution is -2.05. The molecule has 0 spiro atoms. The van der Waals surface area contributed by atoms with Crippen molar-refractivity contribution in [3.8, 4) is 23.1 Å². The summed E-state index contributed by atoms with van der Waals surface area (Å²) in [4.78, 5) is 17.2. The molecule has 8 heteroatoms. The number of pyridine rings is 1. The van der Waals surface area contributed by atoms with Crippen LogP contribution in [-0.2, 0) is 6.54 Å². The van der Waals surface area contributed by atoms with E-state index in [0.717, 1.165) is 11.3 Å². The molecule has 0 aliphatic heterocycles. The summed E-state index contributed by atoms with van der Waals surface area (Å²) < 4.78 is 3.46. The Balaban J connectivity index is 1.76. The average molecular weight is 361 g/mol. The lowest BCUT2D eigenvalue weighted by molar-refractivity contribution is 0.440. The summed E-state index contributed by atoms with van der Waals surface area (Å²) in [6, 6.07) is 5.78. The highest BCUT2D eigenvalue weighted by atomic mass is 16.3. The number of nitrogens with zero attached hydrogens (tertiary/aromatic N) is 7. The predicted octanol–water partition coefficient (Wildman–Crippen LogP) is 2.80. The maximum absolute atomic E-state index is 10.5. The fourth-order valence-corrected chi connectivity index (χ4v) is 2.92. The molecule has 0 saturated heterocycles. The number of hydrogen-bond acceptors (Lipinski definition) is 6. The molecule has 0 fully saturated rings. The molecule has 0 radical (unpaired) electrons. The number of aromatic nitrogens is 7. The van der Waals surface area contributed by atoms with Gasteiger partial charge in [0.15, 0.2) is 0 Å². The minimum atomic E-state index is -0.0313. The van der Waals surface area contributed by atoms with Crippen LogP contribution in [0.2, 0.25) is 0 Å². The Labute approximate surface area is 156 Å². The Kier molecular flexibility index (Phi) is 4.37. The molecule has 0 atom stereocenters. The van der Waals surface area contributed by atoms with Crippen LogP contribution in [0.4, 0.5) is 0 Å². The van der Waals surface area contributed by atoms with Gasteiger partial charge in [-0.15, -0.1) is 0 Å². The van der Waals surface area contributed by atoms with Gasteiger partial charge in [-0.1, -0.05) is 19.9 Å². The normalized spacial score (nSPS) is 11.2. The molecule has 0 aliphatic rings. The monoisotopic (exact) mass is 361 g/mol. The second-order valence-electron chi connectivity index (χ2n) is 6.48. The molecule has 0 amide bonds. The van der Waals surface area contributed by atoms with E-state index in [1.54, 1.807) is 40.4 Å². The van der Waals surface area contributed by atoms with Gasteiger partial charge >= 0.3 is 0 Å². The third-order valence-electron chi connectivity index (χ3n) is 4.18. The van der Waals surface area contributed by atoms with Gasteiger partial charge in [0.25, 0.3) is 0 Å². The summed E-state index contributed by atoms with van der Waals surface area (Å²) in [5.41, 5.74) is 3.08. The van der Waals surface area contributed by atoms with Crippen LogP contribution in [0.25, 0.3) is 17.2 Å². The van der Waals surface area contributed by atoms with Crippen LogP contribution in [0.3, 0.4) is 0 Å². The molecule has 4 rings (SSSR count). The van der Waals surface area contributed by atoms with Crippen molar-refractivity contribution in [3.63, 3.8) is 0 Å². The first kappa shape index (κ1) is 16.9. The quantitative estimate of drug-likeness (QED) is 0.587. The van der Waals surface area contributed by atoms with Crippen molar-refractivity contribution in [2.75, 3.05) is 0 Å². The molecule has 4 aromatic heterocycles. The molecule has 27 heavy (non-hydrogen) atoms. The summed E-state index contributed by atoms with van der Waals surface area (Å²) in [6.07, 6.45) is 10.4. The summed E-state index contributed by atoms with van der Waals surface area (Å²) in [7, 11) is 0. The molecule has 8 nitrogen and oxygen atoms in total. The fraction of sp³-hybridized carbons (Fsp3) is 0.211. The van der Waals surface area contributed by atoms with E-state index in [0.29, 0.717) is 23.8 Å². The molecule has 4 heterocycles. The van der Waals surface area contributed by atoms with E-state index in [4.69, 9.17) is 0 Å². The van der Waals surface area contributed by atoms with Gasteiger partial charge in [-0.2, -0.15) is 10.1 Å². The van der Waals surface area contributed by atoms with Crippen molar-refractivity contribution in [2.45, 2.75) is 26.3 Å². The Morgan fingerprint density at radius 3 is 2.74 bits per heavy atom. The molecular weight excluding hydrogens is 342 g/mol. The fourth-order valence-electron chi connectivity index (χ4n) is 2.92. The van der Waals surface area contributed by atoms with Crippen LogP contribution in [-0.4, -0.2) is 39.4 Å². The zero-order chi connectivity index (χ0) is 18.8. The Morgan fingerprint density at radius 2 is 2.04 bits per heavy atom. The second-order valence-corrected chi connectivity index (χ2v) is 6.48. The zero-order valence-corrected chi connectivity index (χ0v) is 15.1. The maximum Gasteiger partial charge on any atom is 0.238 e. The number of aromatic hydroxyl groups is 1. The smallest absolute Gasteiger partial charge is 0.238 e. The van der Waals surface area contributed by atoms with E-state index in [9.17, 15) is 5.11 Å². The summed E-state index contributed by atoms with van der Waals surface area (Å²) in [5, 5.41) is 14.9.